The average Bonchev–Trinajstić information content (AvgIpc) is 3.06. The van der Waals surface area contributed by atoms with Crippen molar-refractivity contribution in [2.45, 2.75) is 43.3 Å². The molecule has 2 aromatic rings. The normalized spacial score (nSPS) is 14.1. The van der Waals surface area contributed by atoms with Gasteiger partial charge in [0.1, 0.15) is 0 Å². The number of ether oxygens (including phenoxy) is 1. The van der Waals surface area contributed by atoms with Gasteiger partial charge in [0.2, 0.25) is 9.84 Å². The molecule has 0 aliphatic heterocycles. The van der Waals surface area contributed by atoms with Crippen LogP contribution in [-0.2, 0) is 32.3 Å². The molecule has 1 aromatic heterocycles. The molecule has 2 rings (SSSR count). The van der Waals surface area contributed by atoms with E-state index >= 15 is 0 Å². The number of methoxy groups -OCH3 is 1. The Labute approximate surface area is 146 Å². The average molecular weight is 366 g/mol. The van der Waals surface area contributed by atoms with Crippen molar-refractivity contribution in [1.82, 2.24) is 14.8 Å². The summed E-state index contributed by atoms with van der Waals surface area (Å²) in [4.78, 5) is 11.6. The van der Waals surface area contributed by atoms with E-state index in [4.69, 9.17) is 5.73 Å². The molecule has 1 aromatic carbocycles. The molecule has 0 saturated heterocycles. The second-order valence-corrected chi connectivity index (χ2v) is 7.75. The van der Waals surface area contributed by atoms with Gasteiger partial charge < -0.3 is 15.0 Å². The maximum atomic E-state index is 12.6. The highest BCUT2D eigenvalue weighted by Gasteiger charge is 2.36. The van der Waals surface area contributed by atoms with Crippen molar-refractivity contribution in [1.29, 1.82) is 0 Å². The molecule has 8 nitrogen and oxygen atoms in total. The first-order valence-corrected chi connectivity index (χ1v) is 9.41. The highest BCUT2D eigenvalue weighted by atomic mass is 32.2. The van der Waals surface area contributed by atoms with E-state index in [0.717, 1.165) is 12.7 Å². The Bertz CT molecular complexity index is 833. The van der Waals surface area contributed by atoms with E-state index in [-0.39, 0.29) is 5.16 Å². The fourth-order valence-electron chi connectivity index (χ4n) is 2.49. The lowest BCUT2D eigenvalue weighted by molar-refractivity contribution is -0.139. The SMILES string of the molecule is CCn1c([C@@H](N)Cc2ccccc2)nnc1S(=O)(=O)C(C)C(=O)OC. The van der Waals surface area contributed by atoms with Gasteiger partial charge in [0, 0.05) is 6.54 Å². The molecule has 0 saturated carbocycles. The van der Waals surface area contributed by atoms with E-state index < -0.39 is 27.1 Å². The second kappa shape index (κ2) is 7.75. The van der Waals surface area contributed by atoms with Crippen molar-refractivity contribution in [3.8, 4) is 0 Å². The van der Waals surface area contributed by atoms with Crippen molar-refractivity contribution in [2.24, 2.45) is 5.73 Å². The van der Waals surface area contributed by atoms with Crippen LogP contribution in [0.2, 0.25) is 0 Å². The molecule has 0 aliphatic carbocycles. The third-order valence-corrected chi connectivity index (χ3v) is 5.88. The van der Waals surface area contributed by atoms with E-state index in [1.54, 1.807) is 6.92 Å². The Balaban J connectivity index is 2.36. The number of hydrogen-bond donors (Lipinski definition) is 1. The first-order chi connectivity index (χ1) is 11.8. The van der Waals surface area contributed by atoms with E-state index in [0.29, 0.717) is 18.8 Å². The maximum absolute atomic E-state index is 12.6. The molecule has 0 amide bonds. The molecule has 0 bridgehead atoms. The zero-order valence-corrected chi connectivity index (χ0v) is 15.2. The van der Waals surface area contributed by atoms with Crippen molar-refractivity contribution >= 4 is 15.8 Å². The van der Waals surface area contributed by atoms with E-state index in [9.17, 15) is 13.2 Å². The molecule has 1 heterocycles. The molecule has 0 radical (unpaired) electrons. The molecule has 0 aliphatic rings. The monoisotopic (exact) mass is 366 g/mol. The Morgan fingerprint density at radius 1 is 1.28 bits per heavy atom. The van der Waals surface area contributed by atoms with Crippen molar-refractivity contribution in [3.05, 3.63) is 41.7 Å². The molecule has 0 spiro atoms. The van der Waals surface area contributed by atoms with E-state index in [2.05, 4.69) is 14.9 Å². The van der Waals surface area contributed by atoms with E-state index in [1.807, 2.05) is 30.3 Å². The van der Waals surface area contributed by atoms with Crippen LogP contribution in [0.5, 0.6) is 0 Å². The molecule has 9 heteroatoms. The van der Waals surface area contributed by atoms with Gasteiger partial charge in [0.05, 0.1) is 13.2 Å². The summed E-state index contributed by atoms with van der Waals surface area (Å²) in [6.45, 7) is 3.34. The standard InChI is InChI=1S/C16H22N4O4S/c1-4-20-14(13(17)10-12-8-6-5-7-9-12)18-19-16(20)25(22,23)11(2)15(21)24-3/h5-9,11,13H,4,10,17H2,1-3H3/t11?,13-/m0/s1. The highest BCUT2D eigenvalue weighted by molar-refractivity contribution is 7.92. The first-order valence-electron chi connectivity index (χ1n) is 7.87. The Morgan fingerprint density at radius 2 is 1.92 bits per heavy atom. The van der Waals surface area contributed by atoms with Crippen LogP contribution >= 0.6 is 0 Å². The van der Waals surface area contributed by atoms with Gasteiger partial charge in [-0.3, -0.25) is 4.79 Å². The van der Waals surface area contributed by atoms with Gasteiger partial charge in [-0.25, -0.2) is 8.42 Å². The number of carbonyl (C=O) groups is 1. The molecule has 2 atom stereocenters. The van der Waals surface area contributed by atoms with Gasteiger partial charge in [-0.2, -0.15) is 0 Å². The van der Waals surface area contributed by atoms with Crippen LogP contribution in [0.1, 0.15) is 31.3 Å². The summed E-state index contributed by atoms with van der Waals surface area (Å²) >= 11 is 0. The molecule has 0 fully saturated rings. The summed E-state index contributed by atoms with van der Waals surface area (Å²) < 4.78 is 31.2. The number of esters is 1. The predicted octanol–water partition coefficient (Wildman–Crippen LogP) is 0.876. The summed E-state index contributed by atoms with van der Waals surface area (Å²) in [5.74, 6) is -0.484. The van der Waals surface area contributed by atoms with Crippen LogP contribution in [0.4, 0.5) is 0 Å². The van der Waals surface area contributed by atoms with Gasteiger partial charge in [-0.15, -0.1) is 10.2 Å². The Morgan fingerprint density at radius 3 is 2.48 bits per heavy atom. The van der Waals surface area contributed by atoms with Gasteiger partial charge in [-0.1, -0.05) is 30.3 Å². The molecule has 2 N–H and O–H groups in total. The molecule has 136 valence electrons. The quantitative estimate of drug-likeness (QED) is 0.723. The lowest BCUT2D eigenvalue weighted by atomic mass is 10.1. The maximum Gasteiger partial charge on any atom is 0.324 e. The molecular weight excluding hydrogens is 344 g/mol. The topological polar surface area (TPSA) is 117 Å². The van der Waals surface area contributed by atoms with Gasteiger partial charge in [0.15, 0.2) is 11.1 Å². The fourth-order valence-corrected chi connectivity index (χ4v) is 3.84. The van der Waals surface area contributed by atoms with Crippen LogP contribution in [0.15, 0.2) is 35.5 Å². The summed E-state index contributed by atoms with van der Waals surface area (Å²) in [6.07, 6.45) is 0.492. The number of aromatic nitrogens is 3. The summed E-state index contributed by atoms with van der Waals surface area (Å²) in [5.41, 5.74) is 7.22. The minimum atomic E-state index is -4.02. The zero-order chi connectivity index (χ0) is 18.6. The highest BCUT2D eigenvalue weighted by Crippen LogP contribution is 2.21. The molecular formula is C16H22N4O4S. The van der Waals surface area contributed by atoms with Crippen molar-refractivity contribution in [2.75, 3.05) is 7.11 Å². The minimum absolute atomic E-state index is 0.272. The number of carbonyl (C=O) groups excluding carboxylic acids is 1. The lowest BCUT2D eigenvalue weighted by Crippen LogP contribution is -2.31. The number of sulfone groups is 1. The third-order valence-electron chi connectivity index (χ3n) is 3.94. The Hall–Kier alpha value is -2.26. The number of rotatable bonds is 7. The predicted molar refractivity (Wildman–Crippen MR) is 91.4 cm³/mol. The number of nitrogens with two attached hydrogens (primary N) is 1. The van der Waals surface area contributed by atoms with Crippen LogP contribution in [-0.4, -0.2) is 41.5 Å². The van der Waals surface area contributed by atoms with Gasteiger partial charge in [-0.05, 0) is 25.8 Å². The van der Waals surface area contributed by atoms with Crippen molar-refractivity contribution in [3.63, 3.8) is 0 Å². The lowest BCUT2D eigenvalue weighted by Gasteiger charge is -2.15. The van der Waals surface area contributed by atoms with Crippen LogP contribution in [0, 0.1) is 0 Å². The third kappa shape index (κ3) is 3.88. The second-order valence-electron chi connectivity index (χ2n) is 5.59. The largest absolute Gasteiger partial charge is 0.468 e. The van der Waals surface area contributed by atoms with Crippen LogP contribution in [0.3, 0.4) is 0 Å². The summed E-state index contributed by atoms with van der Waals surface area (Å²) in [6, 6.07) is 9.06. The Kier molecular flexibility index (Phi) is 5.91. The van der Waals surface area contributed by atoms with Crippen LogP contribution in [0.25, 0.3) is 0 Å². The zero-order valence-electron chi connectivity index (χ0n) is 14.4. The number of nitrogens with zero attached hydrogens (tertiary/aromatic N) is 3. The number of benzene rings is 1. The van der Waals surface area contributed by atoms with Crippen molar-refractivity contribution < 1.29 is 17.9 Å². The van der Waals surface area contributed by atoms with Crippen LogP contribution < -0.4 is 5.73 Å². The van der Waals surface area contributed by atoms with Gasteiger partial charge in [0.25, 0.3) is 5.16 Å². The fraction of sp³-hybridized carbons (Fsp3) is 0.438. The first kappa shape index (κ1) is 19.1. The minimum Gasteiger partial charge on any atom is -0.468 e. The smallest absolute Gasteiger partial charge is 0.324 e. The molecule has 25 heavy (non-hydrogen) atoms. The summed E-state index contributed by atoms with van der Waals surface area (Å²) in [7, 11) is -2.88. The number of hydrogen-bond acceptors (Lipinski definition) is 7. The summed E-state index contributed by atoms with van der Waals surface area (Å²) in [5, 5.41) is 6.13. The van der Waals surface area contributed by atoms with Gasteiger partial charge >= 0.3 is 5.97 Å². The van der Waals surface area contributed by atoms with E-state index in [1.165, 1.54) is 11.5 Å². The molecule has 1 unspecified atom stereocenters.